The maximum atomic E-state index is 12.0. The molecule has 0 saturated heterocycles. The number of rotatable bonds is 8. The van der Waals surface area contributed by atoms with Gasteiger partial charge in [0.25, 0.3) is 5.91 Å². The van der Waals surface area contributed by atoms with Crippen molar-refractivity contribution in [3.8, 4) is 5.75 Å². The number of anilines is 2. The van der Waals surface area contributed by atoms with Crippen LogP contribution in [0.2, 0.25) is 0 Å². The zero-order valence-electron chi connectivity index (χ0n) is 14.5. The first kappa shape index (κ1) is 18.3. The number of benzene rings is 2. The van der Waals surface area contributed by atoms with E-state index in [2.05, 4.69) is 16.0 Å². The van der Waals surface area contributed by atoms with Gasteiger partial charge < -0.3 is 20.7 Å². The molecule has 0 bridgehead atoms. The van der Waals surface area contributed by atoms with Crippen LogP contribution in [0, 0.1) is 0 Å². The molecule has 0 aliphatic heterocycles. The summed E-state index contributed by atoms with van der Waals surface area (Å²) in [4.78, 5) is 23.8. The molecule has 2 rings (SSSR count). The molecule has 0 radical (unpaired) electrons. The minimum Gasteiger partial charge on any atom is -0.497 e. The van der Waals surface area contributed by atoms with Gasteiger partial charge in [-0.05, 0) is 55.0 Å². The smallest absolute Gasteiger partial charge is 0.251 e. The van der Waals surface area contributed by atoms with E-state index in [0.29, 0.717) is 17.8 Å². The third-order valence-corrected chi connectivity index (χ3v) is 3.51. The predicted octanol–water partition coefficient (Wildman–Crippen LogP) is 2.89. The Morgan fingerprint density at radius 3 is 2.20 bits per heavy atom. The quantitative estimate of drug-likeness (QED) is 0.690. The maximum absolute atomic E-state index is 12.0. The summed E-state index contributed by atoms with van der Waals surface area (Å²) in [7, 11) is 1.59. The second kappa shape index (κ2) is 9.32. The number of nitrogens with one attached hydrogen (secondary N) is 3. The van der Waals surface area contributed by atoms with E-state index in [4.69, 9.17) is 4.74 Å². The van der Waals surface area contributed by atoms with Crippen molar-refractivity contribution >= 4 is 23.2 Å². The molecular formula is C19H23N3O3. The van der Waals surface area contributed by atoms with Gasteiger partial charge in [-0.1, -0.05) is 6.92 Å². The van der Waals surface area contributed by atoms with E-state index in [1.165, 1.54) is 0 Å². The zero-order chi connectivity index (χ0) is 18.1. The van der Waals surface area contributed by atoms with Crippen LogP contribution < -0.4 is 20.7 Å². The lowest BCUT2D eigenvalue weighted by Crippen LogP contribution is -2.24. The summed E-state index contributed by atoms with van der Waals surface area (Å²) in [6.07, 6.45) is 0.898. The average Bonchev–Trinajstić information content (AvgIpc) is 2.65. The van der Waals surface area contributed by atoms with Gasteiger partial charge in [0.05, 0.1) is 13.7 Å². The molecule has 25 heavy (non-hydrogen) atoms. The van der Waals surface area contributed by atoms with Gasteiger partial charge in [-0.15, -0.1) is 0 Å². The molecule has 2 amide bonds. The van der Waals surface area contributed by atoms with E-state index in [1.807, 2.05) is 6.92 Å². The fourth-order valence-electron chi connectivity index (χ4n) is 2.14. The highest BCUT2D eigenvalue weighted by Crippen LogP contribution is 2.15. The van der Waals surface area contributed by atoms with Crippen molar-refractivity contribution < 1.29 is 14.3 Å². The lowest BCUT2D eigenvalue weighted by molar-refractivity contribution is -0.114. The van der Waals surface area contributed by atoms with Crippen molar-refractivity contribution in [2.45, 2.75) is 13.3 Å². The van der Waals surface area contributed by atoms with E-state index in [0.717, 1.165) is 17.9 Å². The number of hydrogen-bond acceptors (Lipinski definition) is 4. The van der Waals surface area contributed by atoms with Crippen molar-refractivity contribution in [1.29, 1.82) is 0 Å². The van der Waals surface area contributed by atoms with Crippen molar-refractivity contribution in [1.82, 2.24) is 5.32 Å². The Morgan fingerprint density at radius 1 is 0.960 bits per heavy atom. The third kappa shape index (κ3) is 5.84. The summed E-state index contributed by atoms with van der Waals surface area (Å²) in [5, 5.41) is 8.64. The van der Waals surface area contributed by atoms with Crippen molar-refractivity contribution in [3.63, 3.8) is 0 Å². The molecule has 6 nitrogen and oxygen atoms in total. The summed E-state index contributed by atoms with van der Waals surface area (Å²) >= 11 is 0. The lowest BCUT2D eigenvalue weighted by atomic mass is 10.2. The lowest BCUT2D eigenvalue weighted by Gasteiger charge is -2.09. The predicted molar refractivity (Wildman–Crippen MR) is 99.2 cm³/mol. The van der Waals surface area contributed by atoms with Crippen LogP contribution in [0.5, 0.6) is 5.75 Å². The molecule has 6 heteroatoms. The highest BCUT2D eigenvalue weighted by Gasteiger charge is 2.05. The Morgan fingerprint density at radius 2 is 1.60 bits per heavy atom. The third-order valence-electron chi connectivity index (χ3n) is 3.51. The van der Waals surface area contributed by atoms with Crippen LogP contribution in [-0.2, 0) is 4.79 Å². The van der Waals surface area contributed by atoms with Gasteiger partial charge in [-0.3, -0.25) is 9.59 Å². The second-order valence-corrected chi connectivity index (χ2v) is 5.46. The minimum atomic E-state index is -0.157. The fourth-order valence-corrected chi connectivity index (χ4v) is 2.14. The van der Waals surface area contributed by atoms with Crippen molar-refractivity contribution in [3.05, 3.63) is 54.1 Å². The summed E-state index contributed by atoms with van der Waals surface area (Å²) in [6.45, 7) is 2.79. The molecule has 0 fully saturated rings. The van der Waals surface area contributed by atoms with Gasteiger partial charge in [0.2, 0.25) is 5.91 Å². The largest absolute Gasteiger partial charge is 0.497 e. The Bertz CT molecular complexity index is 697. The van der Waals surface area contributed by atoms with E-state index in [9.17, 15) is 9.59 Å². The fraction of sp³-hybridized carbons (Fsp3) is 0.263. The van der Waals surface area contributed by atoms with Crippen molar-refractivity contribution in [2.24, 2.45) is 0 Å². The highest BCUT2D eigenvalue weighted by molar-refractivity contribution is 5.95. The maximum Gasteiger partial charge on any atom is 0.251 e. The molecule has 0 aliphatic rings. The first-order chi connectivity index (χ1) is 12.1. The molecular weight excluding hydrogens is 318 g/mol. The first-order valence-electron chi connectivity index (χ1n) is 8.18. The molecule has 2 aromatic rings. The zero-order valence-corrected chi connectivity index (χ0v) is 14.5. The Balaban J connectivity index is 1.81. The molecule has 0 heterocycles. The van der Waals surface area contributed by atoms with Gasteiger partial charge in [0.1, 0.15) is 5.75 Å². The van der Waals surface area contributed by atoms with Crippen molar-refractivity contribution in [2.75, 3.05) is 30.8 Å². The van der Waals surface area contributed by atoms with Crippen LogP contribution in [0.3, 0.4) is 0 Å². The second-order valence-electron chi connectivity index (χ2n) is 5.46. The Labute approximate surface area is 147 Å². The summed E-state index contributed by atoms with van der Waals surface area (Å²) in [5.41, 5.74) is 2.08. The monoisotopic (exact) mass is 341 g/mol. The molecule has 2 aromatic carbocycles. The Kier molecular flexibility index (Phi) is 6.83. The number of hydrogen-bond donors (Lipinski definition) is 3. The molecule has 0 aromatic heterocycles. The van der Waals surface area contributed by atoms with Crippen LogP contribution in [0.25, 0.3) is 0 Å². The van der Waals surface area contributed by atoms with Crippen LogP contribution in [-0.4, -0.2) is 32.0 Å². The van der Waals surface area contributed by atoms with Gasteiger partial charge in [0.15, 0.2) is 0 Å². The van der Waals surface area contributed by atoms with Crippen LogP contribution >= 0.6 is 0 Å². The molecule has 0 aliphatic carbocycles. The molecule has 3 N–H and O–H groups in total. The average molecular weight is 341 g/mol. The van der Waals surface area contributed by atoms with Crippen LogP contribution in [0.15, 0.2) is 48.5 Å². The SMILES string of the molecule is CCCNC(=O)c1ccc(NCC(=O)Nc2ccc(OC)cc2)cc1. The molecule has 132 valence electrons. The van der Waals surface area contributed by atoms with Gasteiger partial charge in [-0.25, -0.2) is 0 Å². The van der Waals surface area contributed by atoms with E-state index in [1.54, 1.807) is 55.6 Å². The Hall–Kier alpha value is -3.02. The van der Waals surface area contributed by atoms with E-state index >= 15 is 0 Å². The molecule has 0 atom stereocenters. The van der Waals surface area contributed by atoms with E-state index < -0.39 is 0 Å². The van der Waals surface area contributed by atoms with Gasteiger partial charge >= 0.3 is 0 Å². The molecule has 0 unspecified atom stereocenters. The standard InChI is InChI=1S/C19H23N3O3/c1-3-12-20-19(24)14-4-6-15(7-5-14)21-13-18(23)22-16-8-10-17(25-2)11-9-16/h4-11,21H,3,12-13H2,1-2H3,(H,20,24)(H,22,23). The van der Waals surface area contributed by atoms with Crippen LogP contribution in [0.4, 0.5) is 11.4 Å². The molecule has 0 saturated carbocycles. The normalized spacial score (nSPS) is 10.0. The summed E-state index contributed by atoms with van der Waals surface area (Å²) < 4.78 is 5.07. The first-order valence-corrected chi connectivity index (χ1v) is 8.18. The minimum absolute atomic E-state index is 0.0920. The van der Waals surface area contributed by atoms with Gasteiger partial charge in [0, 0.05) is 23.5 Å². The van der Waals surface area contributed by atoms with Crippen LogP contribution in [0.1, 0.15) is 23.7 Å². The summed E-state index contributed by atoms with van der Waals surface area (Å²) in [6, 6.07) is 14.1. The topological polar surface area (TPSA) is 79.5 Å². The number of carbonyl (C=O) groups excluding carboxylic acids is 2. The number of carbonyl (C=O) groups is 2. The number of methoxy groups -OCH3 is 1. The number of ether oxygens (including phenoxy) is 1. The molecule has 0 spiro atoms. The van der Waals surface area contributed by atoms with E-state index in [-0.39, 0.29) is 18.4 Å². The summed E-state index contributed by atoms with van der Waals surface area (Å²) in [5.74, 6) is 0.486. The number of amides is 2. The van der Waals surface area contributed by atoms with Gasteiger partial charge in [-0.2, -0.15) is 0 Å². The highest BCUT2D eigenvalue weighted by atomic mass is 16.5.